The van der Waals surface area contributed by atoms with Gasteiger partial charge in [0.15, 0.2) is 5.11 Å². The first-order valence-electron chi connectivity index (χ1n) is 11.3. The number of aryl methyl sites for hydroxylation is 1. The summed E-state index contributed by atoms with van der Waals surface area (Å²) >= 11 is 5.77. The van der Waals surface area contributed by atoms with Crippen molar-refractivity contribution in [3.63, 3.8) is 0 Å². The Morgan fingerprint density at radius 3 is 2.68 bits per heavy atom. The second-order valence-electron chi connectivity index (χ2n) is 8.37. The van der Waals surface area contributed by atoms with Crippen molar-refractivity contribution in [2.24, 2.45) is 0 Å². The van der Waals surface area contributed by atoms with Crippen LogP contribution >= 0.6 is 12.2 Å². The fourth-order valence-corrected chi connectivity index (χ4v) is 5.07. The van der Waals surface area contributed by atoms with Crippen LogP contribution in [0.25, 0.3) is 5.69 Å². The Bertz CT molecular complexity index is 1180. The van der Waals surface area contributed by atoms with E-state index in [2.05, 4.69) is 39.7 Å². The van der Waals surface area contributed by atoms with E-state index in [4.69, 9.17) is 21.7 Å². The van der Waals surface area contributed by atoms with Gasteiger partial charge in [-0.15, -0.1) is 0 Å². The molecule has 1 fully saturated rings. The van der Waals surface area contributed by atoms with E-state index < -0.39 is 0 Å². The number of carbonyl (C=O) groups excluding carboxylic acids is 1. The molecule has 1 N–H and O–H groups in total. The van der Waals surface area contributed by atoms with E-state index >= 15 is 0 Å². The van der Waals surface area contributed by atoms with Crippen molar-refractivity contribution in [1.29, 1.82) is 0 Å². The molecule has 7 nitrogen and oxygen atoms in total. The lowest BCUT2D eigenvalue weighted by atomic mass is 9.96. The van der Waals surface area contributed by atoms with E-state index in [9.17, 15) is 4.79 Å². The molecule has 1 aliphatic heterocycles. The second-order valence-corrected chi connectivity index (χ2v) is 8.76. The van der Waals surface area contributed by atoms with Crippen LogP contribution in [0.3, 0.4) is 0 Å². The first kappa shape index (κ1) is 23.9. The zero-order valence-electron chi connectivity index (χ0n) is 19.9. The second kappa shape index (κ2) is 10.4. The summed E-state index contributed by atoms with van der Waals surface area (Å²) in [7, 11) is 3.11. The van der Waals surface area contributed by atoms with Gasteiger partial charge < -0.3 is 24.3 Å². The number of methoxy groups -OCH3 is 2. The normalized spacial score (nSPS) is 17.6. The first-order valence-corrected chi connectivity index (χ1v) is 11.7. The number of nitrogens with one attached hydrogen (secondary N) is 1. The van der Waals surface area contributed by atoms with Crippen molar-refractivity contribution in [3.8, 4) is 5.69 Å². The maximum absolute atomic E-state index is 12.1. The highest BCUT2D eigenvalue weighted by molar-refractivity contribution is 7.80. The zero-order valence-corrected chi connectivity index (χ0v) is 20.8. The highest BCUT2D eigenvalue weighted by Gasteiger charge is 2.41. The summed E-state index contributed by atoms with van der Waals surface area (Å²) in [5, 5.41) is 4.22. The lowest BCUT2D eigenvalue weighted by molar-refractivity contribution is 0.0600. The molecule has 1 aromatic carbocycles. The Kier molecular flexibility index (Phi) is 7.29. The number of thiocarbonyl (C=S) groups is 1. The lowest BCUT2D eigenvalue weighted by Gasteiger charge is -2.28. The van der Waals surface area contributed by atoms with Gasteiger partial charge in [0.25, 0.3) is 0 Å². The molecule has 8 heteroatoms. The summed E-state index contributed by atoms with van der Waals surface area (Å²) < 4.78 is 12.4. The van der Waals surface area contributed by atoms with E-state index in [1.165, 1.54) is 12.7 Å². The Morgan fingerprint density at radius 2 is 1.97 bits per heavy atom. The molecule has 3 aromatic rings. The topological polar surface area (TPSA) is 68.6 Å². The third-order valence-corrected chi connectivity index (χ3v) is 6.61. The molecule has 0 saturated carbocycles. The van der Waals surface area contributed by atoms with Crippen LogP contribution < -0.4 is 5.32 Å². The summed E-state index contributed by atoms with van der Waals surface area (Å²) in [6.07, 6.45) is 2.68. The Balaban J connectivity index is 1.78. The van der Waals surface area contributed by atoms with Gasteiger partial charge in [-0.2, -0.15) is 0 Å². The molecule has 0 bridgehead atoms. The molecule has 0 spiro atoms. The van der Waals surface area contributed by atoms with Crippen molar-refractivity contribution in [1.82, 2.24) is 19.8 Å². The molecule has 178 valence electrons. The molecule has 0 radical (unpaired) electrons. The van der Waals surface area contributed by atoms with Crippen molar-refractivity contribution in [3.05, 3.63) is 82.9 Å². The summed E-state index contributed by atoms with van der Waals surface area (Å²) in [5.41, 5.74) is 5.71. The molecule has 0 aliphatic carbocycles. The molecule has 2 atom stereocenters. The predicted molar refractivity (Wildman–Crippen MR) is 135 cm³/mol. The molecule has 1 saturated heterocycles. The van der Waals surface area contributed by atoms with Crippen LogP contribution in [0.2, 0.25) is 0 Å². The SMILES string of the molecule is COCCCN1C(=S)N[C@H](c2ccccn2)[C@@H]1c1cc(C)n(-c2cccc(C(=O)OC)c2)c1C. The molecular weight excluding hydrogens is 448 g/mol. The van der Waals surface area contributed by atoms with Crippen molar-refractivity contribution in [2.75, 3.05) is 27.4 Å². The summed E-state index contributed by atoms with van der Waals surface area (Å²) in [6, 6.07) is 15.6. The van der Waals surface area contributed by atoms with Crippen LogP contribution in [0.15, 0.2) is 54.7 Å². The minimum Gasteiger partial charge on any atom is -0.465 e. The number of hydrogen-bond donors (Lipinski definition) is 1. The fourth-order valence-electron chi connectivity index (χ4n) is 4.74. The number of rotatable bonds is 8. The number of aromatic nitrogens is 2. The first-order chi connectivity index (χ1) is 16.5. The Hall–Kier alpha value is -3.23. The Morgan fingerprint density at radius 1 is 1.15 bits per heavy atom. The molecule has 0 amide bonds. The highest BCUT2D eigenvalue weighted by atomic mass is 32.1. The van der Waals surface area contributed by atoms with Gasteiger partial charge in [0.2, 0.25) is 0 Å². The smallest absolute Gasteiger partial charge is 0.337 e. The van der Waals surface area contributed by atoms with Gasteiger partial charge >= 0.3 is 5.97 Å². The predicted octanol–water partition coefficient (Wildman–Crippen LogP) is 4.28. The van der Waals surface area contributed by atoms with Gasteiger partial charge in [0.1, 0.15) is 0 Å². The van der Waals surface area contributed by atoms with Gasteiger partial charge in [0, 0.05) is 43.5 Å². The van der Waals surface area contributed by atoms with Crippen LogP contribution in [0.5, 0.6) is 0 Å². The highest BCUT2D eigenvalue weighted by Crippen LogP contribution is 2.41. The summed E-state index contributed by atoms with van der Waals surface area (Å²) in [4.78, 5) is 19.0. The van der Waals surface area contributed by atoms with E-state index in [1.807, 2.05) is 42.6 Å². The van der Waals surface area contributed by atoms with Crippen molar-refractivity contribution < 1.29 is 14.3 Å². The molecule has 4 rings (SSSR count). The summed E-state index contributed by atoms with van der Waals surface area (Å²) in [5.74, 6) is -0.352. The van der Waals surface area contributed by atoms with E-state index in [1.54, 1.807) is 13.2 Å². The monoisotopic (exact) mass is 478 g/mol. The third-order valence-electron chi connectivity index (χ3n) is 6.26. The van der Waals surface area contributed by atoms with Crippen LogP contribution in [0.1, 0.15) is 51.5 Å². The number of ether oxygens (including phenoxy) is 2. The molecular formula is C26H30N4O3S. The summed E-state index contributed by atoms with van der Waals surface area (Å²) in [6.45, 7) is 5.62. The number of esters is 1. The molecule has 2 aromatic heterocycles. The largest absolute Gasteiger partial charge is 0.465 e. The van der Waals surface area contributed by atoms with E-state index in [0.29, 0.717) is 17.3 Å². The van der Waals surface area contributed by atoms with Crippen LogP contribution in [0, 0.1) is 13.8 Å². The zero-order chi connectivity index (χ0) is 24.2. The molecule has 3 heterocycles. The van der Waals surface area contributed by atoms with Crippen LogP contribution in [-0.2, 0) is 9.47 Å². The maximum atomic E-state index is 12.1. The minimum atomic E-state index is -0.352. The average molecular weight is 479 g/mol. The van der Waals surface area contributed by atoms with Crippen LogP contribution in [-0.4, -0.2) is 52.9 Å². The van der Waals surface area contributed by atoms with Crippen molar-refractivity contribution in [2.45, 2.75) is 32.4 Å². The fraction of sp³-hybridized carbons (Fsp3) is 0.346. The van der Waals surface area contributed by atoms with E-state index in [0.717, 1.165) is 35.7 Å². The molecule has 34 heavy (non-hydrogen) atoms. The van der Waals surface area contributed by atoms with Gasteiger partial charge in [-0.3, -0.25) is 4.98 Å². The van der Waals surface area contributed by atoms with Crippen LogP contribution in [0.4, 0.5) is 0 Å². The lowest BCUT2D eigenvalue weighted by Crippen LogP contribution is -2.31. The minimum absolute atomic E-state index is 0.0250. The number of nitrogens with zero attached hydrogens (tertiary/aromatic N) is 3. The number of hydrogen-bond acceptors (Lipinski definition) is 5. The van der Waals surface area contributed by atoms with Gasteiger partial charge in [0.05, 0.1) is 30.5 Å². The Labute approximate surface area is 205 Å². The molecule has 0 unspecified atom stereocenters. The van der Waals surface area contributed by atoms with Gasteiger partial charge in [-0.25, -0.2) is 4.79 Å². The average Bonchev–Trinajstić information content (AvgIpc) is 3.34. The van der Waals surface area contributed by atoms with Gasteiger partial charge in [-0.1, -0.05) is 12.1 Å². The number of carbonyl (C=O) groups is 1. The standard InChI is InChI=1S/C26H30N4O3S/c1-17-15-21(18(2)30(17)20-10-7-9-19(16-20)25(31)33-4)24-23(22-11-5-6-12-27-22)28-26(34)29(24)13-8-14-32-3/h5-7,9-12,15-16,23-24H,8,13-14H2,1-4H3,(H,28,34)/t23-,24+/m1/s1. The van der Waals surface area contributed by atoms with Crippen molar-refractivity contribution >= 4 is 23.3 Å². The number of pyridine rings is 1. The molecule has 1 aliphatic rings. The maximum Gasteiger partial charge on any atom is 0.337 e. The third kappa shape index (κ3) is 4.56. The van der Waals surface area contributed by atoms with Gasteiger partial charge in [-0.05, 0) is 74.4 Å². The quantitative estimate of drug-likeness (QED) is 0.294. The number of benzene rings is 1. The van der Waals surface area contributed by atoms with E-state index in [-0.39, 0.29) is 18.1 Å².